The van der Waals surface area contributed by atoms with E-state index in [-0.39, 0.29) is 43.4 Å². The standard InChI is InChI=1S/C22H30N2O7S2/c1-6-31-22(26)19-15(2)16(3)32-21(19)23-20(25)17-7-9-18(10-8-17)33(27,28)24(11-13-29-4)12-14-30-5/h7-10H,6,11-14H2,1-5H3,(H,23,25). The van der Waals surface area contributed by atoms with Crippen molar-refractivity contribution in [1.29, 1.82) is 0 Å². The third-order valence-electron chi connectivity index (χ3n) is 4.94. The van der Waals surface area contributed by atoms with Crippen LogP contribution in [0.15, 0.2) is 29.2 Å². The lowest BCUT2D eigenvalue weighted by molar-refractivity contribution is 0.0527. The average molecular weight is 499 g/mol. The first-order valence-corrected chi connectivity index (χ1v) is 12.6. The first-order chi connectivity index (χ1) is 15.7. The molecule has 0 saturated heterocycles. The van der Waals surface area contributed by atoms with E-state index in [1.807, 2.05) is 6.92 Å². The minimum Gasteiger partial charge on any atom is -0.462 e. The van der Waals surface area contributed by atoms with E-state index in [0.717, 1.165) is 10.4 Å². The molecule has 0 fully saturated rings. The van der Waals surface area contributed by atoms with Crippen molar-refractivity contribution in [3.8, 4) is 0 Å². The number of methoxy groups -OCH3 is 2. The predicted octanol–water partition coefficient (Wildman–Crippen LogP) is 3.08. The van der Waals surface area contributed by atoms with Gasteiger partial charge in [0.2, 0.25) is 10.0 Å². The van der Waals surface area contributed by atoms with E-state index < -0.39 is 21.9 Å². The second-order valence-electron chi connectivity index (χ2n) is 7.08. The van der Waals surface area contributed by atoms with Gasteiger partial charge in [-0.15, -0.1) is 11.3 Å². The number of carbonyl (C=O) groups is 2. The Morgan fingerprint density at radius 1 is 1.03 bits per heavy atom. The summed E-state index contributed by atoms with van der Waals surface area (Å²) in [4.78, 5) is 26.1. The number of nitrogens with one attached hydrogen (secondary N) is 1. The number of amides is 1. The number of thiophene rings is 1. The van der Waals surface area contributed by atoms with E-state index in [9.17, 15) is 18.0 Å². The summed E-state index contributed by atoms with van der Waals surface area (Å²) >= 11 is 1.29. The number of anilines is 1. The molecule has 2 aromatic rings. The van der Waals surface area contributed by atoms with Gasteiger partial charge in [-0.25, -0.2) is 13.2 Å². The van der Waals surface area contributed by atoms with Gasteiger partial charge in [-0.05, 0) is 50.6 Å². The monoisotopic (exact) mass is 498 g/mol. The van der Waals surface area contributed by atoms with Crippen LogP contribution in [0, 0.1) is 13.8 Å². The van der Waals surface area contributed by atoms with E-state index >= 15 is 0 Å². The summed E-state index contributed by atoms with van der Waals surface area (Å²) in [7, 11) is -0.794. The van der Waals surface area contributed by atoms with Crippen LogP contribution in [0.25, 0.3) is 0 Å². The zero-order chi connectivity index (χ0) is 24.6. The highest BCUT2D eigenvalue weighted by atomic mass is 32.2. The number of sulfonamides is 1. The van der Waals surface area contributed by atoms with Gasteiger partial charge in [-0.2, -0.15) is 4.31 Å². The Balaban J connectivity index is 2.24. The fourth-order valence-corrected chi connectivity index (χ4v) is 5.46. The Hall–Kier alpha value is -2.31. The Morgan fingerprint density at radius 3 is 2.12 bits per heavy atom. The van der Waals surface area contributed by atoms with Crippen molar-refractivity contribution in [3.05, 3.63) is 45.8 Å². The molecule has 1 amide bonds. The van der Waals surface area contributed by atoms with Gasteiger partial charge in [0.15, 0.2) is 0 Å². The van der Waals surface area contributed by atoms with Crippen molar-refractivity contribution < 1.29 is 32.2 Å². The summed E-state index contributed by atoms with van der Waals surface area (Å²) in [5.41, 5.74) is 1.34. The van der Waals surface area contributed by atoms with Crippen LogP contribution in [0.2, 0.25) is 0 Å². The number of rotatable bonds is 12. The molecule has 1 N–H and O–H groups in total. The third-order valence-corrected chi connectivity index (χ3v) is 7.97. The molecule has 9 nitrogen and oxygen atoms in total. The van der Waals surface area contributed by atoms with E-state index in [4.69, 9.17) is 14.2 Å². The van der Waals surface area contributed by atoms with Crippen molar-refractivity contribution in [2.45, 2.75) is 25.7 Å². The van der Waals surface area contributed by atoms with E-state index in [0.29, 0.717) is 10.6 Å². The molecule has 0 aliphatic carbocycles. The van der Waals surface area contributed by atoms with Gasteiger partial charge in [0.25, 0.3) is 5.91 Å². The van der Waals surface area contributed by atoms with Gasteiger partial charge in [0.05, 0.1) is 30.3 Å². The number of esters is 1. The maximum absolute atomic E-state index is 13.0. The van der Waals surface area contributed by atoms with Crippen LogP contribution < -0.4 is 5.32 Å². The van der Waals surface area contributed by atoms with Crippen LogP contribution in [0.3, 0.4) is 0 Å². The number of hydrogen-bond acceptors (Lipinski definition) is 8. The van der Waals surface area contributed by atoms with E-state index in [1.54, 1.807) is 13.8 Å². The zero-order valence-corrected chi connectivity index (χ0v) is 21.1. The van der Waals surface area contributed by atoms with E-state index in [1.165, 1.54) is 54.1 Å². The van der Waals surface area contributed by atoms with Crippen molar-refractivity contribution in [2.75, 3.05) is 52.4 Å². The molecule has 0 aliphatic heterocycles. The summed E-state index contributed by atoms with van der Waals surface area (Å²) in [6.45, 7) is 6.44. The van der Waals surface area contributed by atoms with Crippen LogP contribution in [-0.4, -0.2) is 71.7 Å². The highest BCUT2D eigenvalue weighted by molar-refractivity contribution is 7.89. The average Bonchev–Trinajstić information content (AvgIpc) is 3.06. The lowest BCUT2D eigenvalue weighted by Gasteiger charge is -2.21. The van der Waals surface area contributed by atoms with Gasteiger partial charge in [-0.3, -0.25) is 4.79 Å². The van der Waals surface area contributed by atoms with Crippen molar-refractivity contribution >= 4 is 38.2 Å². The first kappa shape index (κ1) is 26.9. The van der Waals surface area contributed by atoms with Crippen LogP contribution in [-0.2, 0) is 24.2 Å². The SMILES string of the molecule is CCOC(=O)c1c(NC(=O)c2ccc(S(=O)(=O)N(CCOC)CCOC)cc2)sc(C)c1C. The van der Waals surface area contributed by atoms with Gasteiger partial charge in [0, 0.05) is 37.7 Å². The highest BCUT2D eigenvalue weighted by Gasteiger charge is 2.25. The molecule has 1 aromatic heterocycles. The number of ether oxygens (including phenoxy) is 3. The molecule has 0 bridgehead atoms. The molecule has 11 heteroatoms. The number of nitrogens with zero attached hydrogens (tertiary/aromatic N) is 1. The lowest BCUT2D eigenvalue weighted by Crippen LogP contribution is -2.36. The molecule has 182 valence electrons. The third kappa shape index (κ3) is 6.61. The first-order valence-electron chi connectivity index (χ1n) is 10.3. The van der Waals surface area contributed by atoms with Crippen molar-refractivity contribution in [2.24, 2.45) is 0 Å². The largest absolute Gasteiger partial charge is 0.462 e. The van der Waals surface area contributed by atoms with Crippen LogP contribution in [0.5, 0.6) is 0 Å². The molecule has 0 aliphatic rings. The number of hydrogen-bond donors (Lipinski definition) is 1. The maximum atomic E-state index is 13.0. The Labute approximate surface area is 198 Å². The lowest BCUT2D eigenvalue weighted by atomic mass is 10.1. The van der Waals surface area contributed by atoms with Crippen LogP contribution in [0.1, 0.15) is 38.1 Å². The minimum atomic E-state index is -3.79. The second-order valence-corrected chi connectivity index (χ2v) is 10.2. The van der Waals surface area contributed by atoms with Gasteiger partial charge in [0.1, 0.15) is 5.00 Å². The molecule has 0 unspecified atom stereocenters. The summed E-state index contributed by atoms with van der Waals surface area (Å²) < 4.78 is 42.4. The van der Waals surface area contributed by atoms with Crippen molar-refractivity contribution in [3.63, 3.8) is 0 Å². The van der Waals surface area contributed by atoms with Gasteiger partial charge in [-0.1, -0.05) is 0 Å². The van der Waals surface area contributed by atoms with Gasteiger partial charge >= 0.3 is 5.97 Å². The molecule has 0 radical (unpaired) electrons. The fraction of sp³-hybridized carbons (Fsp3) is 0.455. The molecule has 0 saturated carbocycles. The van der Waals surface area contributed by atoms with Gasteiger partial charge < -0.3 is 19.5 Å². The summed E-state index contributed by atoms with van der Waals surface area (Å²) in [6, 6.07) is 5.64. The van der Waals surface area contributed by atoms with Crippen LogP contribution >= 0.6 is 11.3 Å². The predicted molar refractivity (Wildman–Crippen MR) is 127 cm³/mol. The van der Waals surface area contributed by atoms with E-state index in [2.05, 4.69) is 5.32 Å². The molecular weight excluding hydrogens is 468 g/mol. The molecule has 33 heavy (non-hydrogen) atoms. The number of carbonyl (C=O) groups excluding carboxylic acids is 2. The highest BCUT2D eigenvalue weighted by Crippen LogP contribution is 2.33. The molecule has 1 heterocycles. The molecule has 0 atom stereocenters. The normalized spacial score (nSPS) is 11.6. The minimum absolute atomic E-state index is 0.0567. The van der Waals surface area contributed by atoms with Crippen molar-refractivity contribution in [1.82, 2.24) is 4.31 Å². The molecule has 0 spiro atoms. The fourth-order valence-electron chi connectivity index (χ4n) is 3.01. The quantitative estimate of drug-likeness (QED) is 0.448. The summed E-state index contributed by atoms with van der Waals surface area (Å²) in [6.07, 6.45) is 0. The Kier molecular flexibility index (Phi) is 9.99. The topological polar surface area (TPSA) is 111 Å². The maximum Gasteiger partial charge on any atom is 0.341 e. The second kappa shape index (κ2) is 12.2. The smallest absolute Gasteiger partial charge is 0.341 e. The molecule has 1 aromatic carbocycles. The Morgan fingerprint density at radius 2 is 1.61 bits per heavy atom. The summed E-state index contributed by atoms with van der Waals surface area (Å²) in [5, 5.41) is 3.15. The number of benzene rings is 1. The Bertz CT molecular complexity index is 1060. The zero-order valence-electron chi connectivity index (χ0n) is 19.5. The molecular formula is C22H30N2O7S2. The number of aryl methyl sites for hydroxylation is 1. The summed E-state index contributed by atoms with van der Waals surface area (Å²) in [5.74, 6) is -0.954. The van der Waals surface area contributed by atoms with Crippen LogP contribution in [0.4, 0.5) is 5.00 Å². The molecule has 2 rings (SSSR count).